The Morgan fingerprint density at radius 3 is 2.94 bits per heavy atom. The summed E-state index contributed by atoms with van der Waals surface area (Å²) in [5, 5.41) is 3.82. The molecule has 2 heterocycles. The summed E-state index contributed by atoms with van der Waals surface area (Å²) in [5.74, 6) is 0.869. The maximum Gasteiger partial charge on any atom is 0.240 e. The first-order valence-corrected chi connectivity index (χ1v) is 7.15. The van der Waals surface area contributed by atoms with Gasteiger partial charge in [0.15, 0.2) is 9.84 Å². The number of aromatic nitrogens is 2. The average molecular weight is 265 g/mol. The zero-order valence-corrected chi connectivity index (χ0v) is 10.3. The van der Waals surface area contributed by atoms with E-state index in [2.05, 4.69) is 10.1 Å². The number of hydrogen-bond donors (Lipinski definition) is 1. The fraction of sp³-hybridized carbons (Fsp3) is 0.273. The standard InChI is InChI=1S/C11H11N3O3S/c12-6-10-13-11(14-17-10)8-2-1-3-9-7(8)4-5-18(9,15)16/h1-3H,4-6,12H2. The molecule has 1 aliphatic rings. The quantitative estimate of drug-likeness (QED) is 0.850. The monoisotopic (exact) mass is 265 g/mol. The predicted octanol–water partition coefficient (Wildman–Crippen LogP) is 0.525. The van der Waals surface area contributed by atoms with Crippen molar-refractivity contribution in [3.63, 3.8) is 0 Å². The zero-order chi connectivity index (χ0) is 12.8. The highest BCUT2D eigenvalue weighted by molar-refractivity contribution is 7.91. The van der Waals surface area contributed by atoms with Crippen molar-refractivity contribution in [2.24, 2.45) is 5.73 Å². The summed E-state index contributed by atoms with van der Waals surface area (Å²) in [7, 11) is -3.15. The van der Waals surface area contributed by atoms with E-state index in [1.54, 1.807) is 18.2 Å². The molecular weight excluding hydrogens is 254 g/mol. The smallest absolute Gasteiger partial charge is 0.240 e. The number of rotatable bonds is 2. The molecular formula is C11H11N3O3S. The number of sulfone groups is 1. The lowest BCUT2D eigenvalue weighted by molar-refractivity contribution is 0.380. The van der Waals surface area contributed by atoms with Gasteiger partial charge in [-0.3, -0.25) is 0 Å². The van der Waals surface area contributed by atoms with Gasteiger partial charge in [-0.1, -0.05) is 17.3 Å². The van der Waals surface area contributed by atoms with Gasteiger partial charge in [-0.05, 0) is 18.1 Å². The van der Waals surface area contributed by atoms with E-state index in [-0.39, 0.29) is 12.3 Å². The number of hydrogen-bond acceptors (Lipinski definition) is 6. The van der Waals surface area contributed by atoms with E-state index >= 15 is 0 Å². The number of fused-ring (bicyclic) bond motifs is 1. The van der Waals surface area contributed by atoms with Crippen LogP contribution in [0.4, 0.5) is 0 Å². The lowest BCUT2D eigenvalue weighted by atomic mass is 10.1. The third-order valence-electron chi connectivity index (χ3n) is 2.97. The molecule has 0 fully saturated rings. The lowest BCUT2D eigenvalue weighted by Crippen LogP contribution is -1.98. The molecule has 0 aliphatic carbocycles. The molecule has 18 heavy (non-hydrogen) atoms. The van der Waals surface area contributed by atoms with E-state index in [9.17, 15) is 8.42 Å². The normalized spacial score (nSPS) is 16.7. The Bertz CT molecular complexity index is 706. The van der Waals surface area contributed by atoms with Gasteiger partial charge in [0.1, 0.15) is 0 Å². The van der Waals surface area contributed by atoms with Crippen LogP contribution in [0.25, 0.3) is 11.4 Å². The van der Waals surface area contributed by atoms with E-state index in [1.165, 1.54) is 0 Å². The first kappa shape index (κ1) is 11.4. The third-order valence-corrected chi connectivity index (χ3v) is 4.77. The van der Waals surface area contributed by atoms with Crippen LogP contribution in [0, 0.1) is 0 Å². The van der Waals surface area contributed by atoms with Crippen molar-refractivity contribution >= 4 is 9.84 Å². The zero-order valence-electron chi connectivity index (χ0n) is 9.46. The number of benzene rings is 1. The lowest BCUT2D eigenvalue weighted by Gasteiger charge is -2.02. The van der Waals surface area contributed by atoms with Crippen molar-refractivity contribution in [1.29, 1.82) is 0 Å². The highest BCUT2D eigenvalue weighted by Crippen LogP contribution is 2.33. The van der Waals surface area contributed by atoms with Gasteiger partial charge in [-0.15, -0.1) is 0 Å². The van der Waals surface area contributed by atoms with E-state index in [4.69, 9.17) is 10.3 Å². The van der Waals surface area contributed by atoms with Crippen molar-refractivity contribution in [3.05, 3.63) is 29.7 Å². The molecule has 2 N–H and O–H groups in total. The Morgan fingerprint density at radius 2 is 2.22 bits per heavy atom. The summed E-state index contributed by atoms with van der Waals surface area (Å²) < 4.78 is 28.6. The largest absolute Gasteiger partial charge is 0.338 e. The number of nitrogens with zero attached hydrogens (tertiary/aromatic N) is 2. The minimum absolute atomic E-state index is 0.140. The van der Waals surface area contributed by atoms with Crippen LogP contribution in [0.2, 0.25) is 0 Å². The molecule has 0 bridgehead atoms. The second kappa shape index (κ2) is 3.89. The third kappa shape index (κ3) is 1.63. The molecule has 1 aromatic heterocycles. The molecule has 1 aliphatic heterocycles. The van der Waals surface area contributed by atoms with E-state index < -0.39 is 9.84 Å². The summed E-state index contributed by atoms with van der Waals surface area (Å²) >= 11 is 0. The average Bonchev–Trinajstić information content (AvgIpc) is 2.95. The Hall–Kier alpha value is -1.73. The fourth-order valence-electron chi connectivity index (χ4n) is 2.12. The van der Waals surface area contributed by atoms with Crippen molar-refractivity contribution in [3.8, 4) is 11.4 Å². The van der Waals surface area contributed by atoms with Gasteiger partial charge in [0.05, 0.1) is 17.2 Å². The molecule has 0 saturated carbocycles. The van der Waals surface area contributed by atoms with Crippen LogP contribution in [0.1, 0.15) is 11.5 Å². The van der Waals surface area contributed by atoms with Gasteiger partial charge < -0.3 is 10.3 Å². The molecule has 7 heteroatoms. The summed E-state index contributed by atoms with van der Waals surface area (Å²) in [5.41, 5.74) is 6.88. The van der Waals surface area contributed by atoms with E-state index in [0.717, 1.165) is 5.56 Å². The Kier molecular flexibility index (Phi) is 2.46. The first-order chi connectivity index (χ1) is 8.62. The summed E-state index contributed by atoms with van der Waals surface area (Å²) in [6.07, 6.45) is 0.486. The molecule has 0 spiro atoms. The second-order valence-corrected chi connectivity index (χ2v) is 6.14. The Balaban J connectivity index is 2.18. The molecule has 0 atom stereocenters. The first-order valence-electron chi connectivity index (χ1n) is 5.49. The van der Waals surface area contributed by atoms with Gasteiger partial charge in [0.2, 0.25) is 11.7 Å². The SMILES string of the molecule is NCc1nc(-c2cccc3c2CCS3(=O)=O)no1. The van der Waals surface area contributed by atoms with Crippen LogP contribution in [-0.2, 0) is 22.8 Å². The maximum atomic E-state index is 11.8. The summed E-state index contributed by atoms with van der Waals surface area (Å²) in [6, 6.07) is 5.10. The predicted molar refractivity (Wildman–Crippen MR) is 63.4 cm³/mol. The van der Waals surface area contributed by atoms with Crippen molar-refractivity contribution in [2.75, 3.05) is 5.75 Å². The Morgan fingerprint density at radius 1 is 1.39 bits per heavy atom. The highest BCUT2D eigenvalue weighted by Gasteiger charge is 2.29. The minimum Gasteiger partial charge on any atom is -0.338 e. The van der Waals surface area contributed by atoms with Gasteiger partial charge in [0.25, 0.3) is 0 Å². The Labute approximate surface area is 104 Å². The van der Waals surface area contributed by atoms with Crippen molar-refractivity contribution in [1.82, 2.24) is 10.1 Å². The van der Waals surface area contributed by atoms with Crippen LogP contribution in [0.5, 0.6) is 0 Å². The van der Waals surface area contributed by atoms with Gasteiger partial charge in [0, 0.05) is 5.56 Å². The molecule has 6 nitrogen and oxygen atoms in total. The summed E-state index contributed by atoms with van der Waals surface area (Å²) in [4.78, 5) is 4.50. The minimum atomic E-state index is -3.15. The topological polar surface area (TPSA) is 99.1 Å². The van der Waals surface area contributed by atoms with Gasteiger partial charge >= 0.3 is 0 Å². The van der Waals surface area contributed by atoms with Gasteiger partial charge in [-0.2, -0.15) is 4.98 Å². The van der Waals surface area contributed by atoms with Crippen LogP contribution >= 0.6 is 0 Å². The van der Waals surface area contributed by atoms with E-state index in [1.807, 2.05) is 0 Å². The molecule has 0 amide bonds. The van der Waals surface area contributed by atoms with Crippen molar-refractivity contribution < 1.29 is 12.9 Å². The second-order valence-electron chi connectivity index (χ2n) is 4.07. The van der Waals surface area contributed by atoms with E-state index in [0.29, 0.717) is 28.6 Å². The van der Waals surface area contributed by atoms with Crippen molar-refractivity contribution in [2.45, 2.75) is 17.9 Å². The summed E-state index contributed by atoms with van der Waals surface area (Å²) in [6.45, 7) is 0.167. The molecule has 3 rings (SSSR count). The van der Waals surface area contributed by atoms with Gasteiger partial charge in [-0.25, -0.2) is 8.42 Å². The van der Waals surface area contributed by atoms with Crippen LogP contribution in [0.15, 0.2) is 27.6 Å². The molecule has 2 aromatic rings. The molecule has 0 radical (unpaired) electrons. The molecule has 94 valence electrons. The molecule has 0 unspecified atom stereocenters. The fourth-order valence-corrected chi connectivity index (χ4v) is 3.68. The van der Waals surface area contributed by atoms with Crippen LogP contribution in [-0.4, -0.2) is 24.3 Å². The molecule has 0 saturated heterocycles. The molecule has 1 aromatic carbocycles. The maximum absolute atomic E-state index is 11.8. The number of nitrogens with two attached hydrogens (primary N) is 1. The van der Waals surface area contributed by atoms with Crippen LogP contribution in [0.3, 0.4) is 0 Å². The highest BCUT2D eigenvalue weighted by atomic mass is 32.2. The van der Waals surface area contributed by atoms with Crippen LogP contribution < -0.4 is 5.73 Å².